The van der Waals surface area contributed by atoms with E-state index in [0.717, 1.165) is 15.6 Å². The van der Waals surface area contributed by atoms with Gasteiger partial charge in [0.15, 0.2) is 11.5 Å². The third-order valence-electron chi connectivity index (χ3n) is 3.26. The molecule has 0 spiro atoms. The minimum absolute atomic E-state index is 0.178. The van der Waals surface area contributed by atoms with E-state index in [1.807, 2.05) is 25.1 Å². The molecule has 2 aromatic carbocycles. The van der Waals surface area contributed by atoms with Crippen molar-refractivity contribution < 1.29 is 19.0 Å². The van der Waals surface area contributed by atoms with Crippen LogP contribution in [0, 0.1) is 6.92 Å². The molecular formula is C17H17BrO4. The van der Waals surface area contributed by atoms with Gasteiger partial charge in [-0.15, -0.1) is 0 Å². The molecule has 0 bridgehead atoms. The Hall–Kier alpha value is -2.01. The molecule has 0 amide bonds. The smallest absolute Gasteiger partial charge is 0.338 e. The fraction of sp³-hybridized carbons (Fsp3) is 0.235. The van der Waals surface area contributed by atoms with E-state index < -0.39 is 0 Å². The maximum absolute atomic E-state index is 12.1. The summed E-state index contributed by atoms with van der Waals surface area (Å²) in [4.78, 5) is 12.1. The van der Waals surface area contributed by atoms with Gasteiger partial charge in [-0.25, -0.2) is 4.79 Å². The molecule has 0 aliphatic carbocycles. The van der Waals surface area contributed by atoms with Crippen LogP contribution in [0.15, 0.2) is 40.9 Å². The average molecular weight is 365 g/mol. The average Bonchev–Trinajstić information content (AvgIpc) is 2.53. The third-order valence-corrected chi connectivity index (χ3v) is 3.75. The maximum Gasteiger partial charge on any atom is 0.338 e. The summed E-state index contributed by atoms with van der Waals surface area (Å²) in [5.41, 5.74) is 2.35. The van der Waals surface area contributed by atoms with Crippen molar-refractivity contribution in [2.45, 2.75) is 13.5 Å². The van der Waals surface area contributed by atoms with Gasteiger partial charge in [-0.3, -0.25) is 0 Å². The molecule has 0 saturated heterocycles. The number of ether oxygens (including phenoxy) is 3. The summed E-state index contributed by atoms with van der Waals surface area (Å²) in [5.74, 6) is 0.902. The Morgan fingerprint density at radius 3 is 2.41 bits per heavy atom. The highest BCUT2D eigenvalue weighted by molar-refractivity contribution is 9.10. The van der Waals surface area contributed by atoms with Crippen molar-refractivity contribution in [1.29, 1.82) is 0 Å². The van der Waals surface area contributed by atoms with Crippen LogP contribution in [-0.4, -0.2) is 20.2 Å². The number of halogens is 1. The Balaban J connectivity index is 2.13. The second-order valence-electron chi connectivity index (χ2n) is 4.72. The molecule has 0 atom stereocenters. The Morgan fingerprint density at radius 2 is 1.77 bits per heavy atom. The van der Waals surface area contributed by atoms with E-state index in [4.69, 9.17) is 14.2 Å². The number of benzene rings is 2. The van der Waals surface area contributed by atoms with Gasteiger partial charge in [0, 0.05) is 4.47 Å². The zero-order valence-corrected chi connectivity index (χ0v) is 14.3. The zero-order valence-electron chi connectivity index (χ0n) is 12.7. The van der Waals surface area contributed by atoms with Crippen molar-refractivity contribution >= 4 is 21.9 Å². The molecular weight excluding hydrogens is 348 g/mol. The quantitative estimate of drug-likeness (QED) is 0.748. The van der Waals surface area contributed by atoms with Crippen molar-refractivity contribution in [3.05, 3.63) is 57.6 Å². The van der Waals surface area contributed by atoms with Gasteiger partial charge in [-0.1, -0.05) is 22.0 Å². The standard InChI is InChI=1S/C17H17BrO4/c1-11-7-15(20-2)16(21-3)9-13(11)10-22-17(19)12-5-4-6-14(18)8-12/h4-9H,10H2,1-3H3. The normalized spacial score (nSPS) is 10.2. The summed E-state index contributed by atoms with van der Waals surface area (Å²) in [7, 11) is 3.16. The van der Waals surface area contributed by atoms with Crippen LogP contribution >= 0.6 is 15.9 Å². The highest BCUT2D eigenvalue weighted by Gasteiger charge is 2.12. The van der Waals surface area contributed by atoms with Gasteiger partial charge < -0.3 is 14.2 Å². The van der Waals surface area contributed by atoms with Crippen LogP contribution in [0.25, 0.3) is 0 Å². The molecule has 0 radical (unpaired) electrons. The van der Waals surface area contributed by atoms with Gasteiger partial charge in [0.1, 0.15) is 6.61 Å². The Kier molecular flexibility index (Phi) is 5.44. The first-order chi connectivity index (χ1) is 10.5. The summed E-state index contributed by atoms with van der Waals surface area (Å²) in [5, 5.41) is 0. The third kappa shape index (κ3) is 3.80. The van der Waals surface area contributed by atoms with Crippen molar-refractivity contribution in [2.75, 3.05) is 14.2 Å². The van der Waals surface area contributed by atoms with Gasteiger partial charge in [-0.2, -0.15) is 0 Å². The second kappa shape index (κ2) is 7.31. The number of rotatable bonds is 5. The lowest BCUT2D eigenvalue weighted by Gasteiger charge is -2.13. The van der Waals surface area contributed by atoms with E-state index in [2.05, 4.69) is 15.9 Å². The number of hydrogen-bond donors (Lipinski definition) is 0. The van der Waals surface area contributed by atoms with Crippen molar-refractivity contribution in [3.63, 3.8) is 0 Å². The first-order valence-corrected chi connectivity index (χ1v) is 7.48. The van der Waals surface area contributed by atoms with E-state index >= 15 is 0 Å². The first kappa shape index (κ1) is 16.4. The molecule has 0 aromatic heterocycles. The summed E-state index contributed by atoms with van der Waals surface area (Å²) < 4.78 is 16.7. The molecule has 0 heterocycles. The minimum Gasteiger partial charge on any atom is -0.493 e. The largest absolute Gasteiger partial charge is 0.493 e. The molecule has 2 rings (SSSR count). The molecule has 4 nitrogen and oxygen atoms in total. The maximum atomic E-state index is 12.1. The van der Waals surface area contributed by atoms with Crippen LogP contribution < -0.4 is 9.47 Å². The zero-order chi connectivity index (χ0) is 16.1. The second-order valence-corrected chi connectivity index (χ2v) is 5.64. The van der Waals surface area contributed by atoms with Crippen LogP contribution in [-0.2, 0) is 11.3 Å². The lowest BCUT2D eigenvalue weighted by molar-refractivity contribution is 0.0471. The molecule has 0 fully saturated rings. The molecule has 5 heteroatoms. The van der Waals surface area contributed by atoms with Crippen molar-refractivity contribution in [3.8, 4) is 11.5 Å². The molecule has 0 saturated carbocycles. The van der Waals surface area contributed by atoms with Crippen LogP contribution in [0.2, 0.25) is 0 Å². The lowest BCUT2D eigenvalue weighted by atomic mass is 10.1. The number of methoxy groups -OCH3 is 2. The van der Waals surface area contributed by atoms with E-state index in [1.54, 1.807) is 32.4 Å². The van der Waals surface area contributed by atoms with Crippen molar-refractivity contribution in [1.82, 2.24) is 0 Å². The summed E-state index contributed by atoms with van der Waals surface area (Å²) in [6.07, 6.45) is 0. The van der Waals surface area contributed by atoms with Gasteiger partial charge in [0.25, 0.3) is 0 Å². The Bertz CT molecular complexity index is 682. The van der Waals surface area contributed by atoms with Crippen LogP contribution in [0.5, 0.6) is 11.5 Å². The van der Waals surface area contributed by atoms with E-state index in [1.165, 1.54) is 0 Å². The van der Waals surface area contributed by atoms with Gasteiger partial charge in [0.05, 0.1) is 19.8 Å². The molecule has 0 aliphatic heterocycles. The predicted octanol–water partition coefficient (Wildman–Crippen LogP) is 4.13. The minimum atomic E-state index is -0.365. The number of aryl methyl sites for hydroxylation is 1. The Labute approximate surface area is 138 Å². The van der Waals surface area contributed by atoms with Crippen LogP contribution in [0.3, 0.4) is 0 Å². The monoisotopic (exact) mass is 364 g/mol. The summed E-state index contributed by atoms with van der Waals surface area (Å²) in [6, 6.07) is 10.8. The predicted molar refractivity (Wildman–Crippen MR) is 87.5 cm³/mol. The molecule has 116 valence electrons. The number of carbonyl (C=O) groups is 1. The summed E-state index contributed by atoms with van der Waals surface area (Å²) in [6.45, 7) is 2.11. The van der Waals surface area contributed by atoms with Gasteiger partial charge >= 0.3 is 5.97 Å². The molecule has 0 unspecified atom stereocenters. The number of esters is 1. The van der Waals surface area contributed by atoms with Crippen LogP contribution in [0.4, 0.5) is 0 Å². The lowest BCUT2D eigenvalue weighted by Crippen LogP contribution is -2.06. The van der Waals surface area contributed by atoms with Crippen LogP contribution in [0.1, 0.15) is 21.5 Å². The first-order valence-electron chi connectivity index (χ1n) is 6.69. The van der Waals surface area contributed by atoms with Gasteiger partial charge in [0.2, 0.25) is 0 Å². The summed E-state index contributed by atoms with van der Waals surface area (Å²) >= 11 is 3.33. The fourth-order valence-corrected chi connectivity index (χ4v) is 2.42. The number of hydrogen-bond acceptors (Lipinski definition) is 4. The topological polar surface area (TPSA) is 44.8 Å². The Morgan fingerprint density at radius 1 is 1.09 bits per heavy atom. The van der Waals surface area contributed by atoms with E-state index in [-0.39, 0.29) is 12.6 Å². The fourth-order valence-electron chi connectivity index (χ4n) is 2.02. The number of carbonyl (C=O) groups excluding carboxylic acids is 1. The van der Waals surface area contributed by atoms with Crippen molar-refractivity contribution in [2.24, 2.45) is 0 Å². The SMILES string of the molecule is COc1cc(C)c(COC(=O)c2cccc(Br)c2)cc1OC. The molecule has 0 N–H and O–H groups in total. The highest BCUT2D eigenvalue weighted by Crippen LogP contribution is 2.30. The van der Waals surface area contributed by atoms with Gasteiger partial charge in [-0.05, 0) is 48.4 Å². The van der Waals surface area contributed by atoms with E-state index in [0.29, 0.717) is 17.1 Å². The molecule has 22 heavy (non-hydrogen) atoms. The van der Waals surface area contributed by atoms with E-state index in [9.17, 15) is 4.79 Å². The molecule has 0 aliphatic rings. The highest BCUT2D eigenvalue weighted by atomic mass is 79.9. The molecule has 2 aromatic rings.